The fraction of sp³-hybridized carbons (Fsp3) is 0.333. The van der Waals surface area contributed by atoms with E-state index in [0.29, 0.717) is 37.1 Å². The Morgan fingerprint density at radius 2 is 1.40 bits per heavy atom. The smallest absolute Gasteiger partial charge is 0.269 e. The van der Waals surface area contributed by atoms with Crippen LogP contribution < -0.4 is 29.8 Å². The summed E-state index contributed by atoms with van der Waals surface area (Å²) >= 11 is 0. The Hall–Kier alpha value is -3.94. The molecule has 0 bridgehead atoms. The summed E-state index contributed by atoms with van der Waals surface area (Å²) in [6, 6.07) is 14.7. The van der Waals surface area contributed by atoms with E-state index in [9.17, 15) is 9.59 Å². The van der Waals surface area contributed by atoms with Gasteiger partial charge in [-0.3, -0.25) is 20.4 Å². The first-order valence-electron chi connectivity index (χ1n) is 11.7. The number of hydrogen-bond acceptors (Lipinski definition) is 6. The van der Waals surface area contributed by atoms with Gasteiger partial charge in [-0.05, 0) is 68.3 Å². The molecule has 0 heterocycles. The summed E-state index contributed by atoms with van der Waals surface area (Å²) in [7, 11) is 1.62. The zero-order valence-corrected chi connectivity index (χ0v) is 20.8. The van der Waals surface area contributed by atoms with Gasteiger partial charge >= 0.3 is 0 Å². The van der Waals surface area contributed by atoms with Crippen LogP contribution in [0, 0.1) is 0 Å². The van der Waals surface area contributed by atoms with Gasteiger partial charge in [-0.2, -0.15) is 0 Å². The van der Waals surface area contributed by atoms with Crippen molar-refractivity contribution in [1.82, 2.24) is 10.9 Å². The van der Waals surface area contributed by atoms with Crippen molar-refractivity contribution in [2.24, 2.45) is 0 Å². The maximum Gasteiger partial charge on any atom is 0.269 e. The van der Waals surface area contributed by atoms with Crippen LogP contribution in [-0.2, 0) is 4.79 Å². The van der Waals surface area contributed by atoms with E-state index in [-0.39, 0.29) is 11.5 Å². The lowest BCUT2D eigenvalue weighted by molar-refractivity contribution is -0.123. The lowest BCUT2D eigenvalue weighted by Crippen LogP contribution is -2.43. The van der Waals surface area contributed by atoms with Crippen LogP contribution >= 0.6 is 0 Å². The molecule has 3 aromatic rings. The molecule has 0 aliphatic rings. The van der Waals surface area contributed by atoms with Gasteiger partial charge in [0.2, 0.25) is 11.7 Å². The second-order valence-electron chi connectivity index (χ2n) is 7.74. The molecule has 8 heteroatoms. The summed E-state index contributed by atoms with van der Waals surface area (Å²) in [6.45, 7) is 8.52. The van der Waals surface area contributed by atoms with Gasteiger partial charge in [0, 0.05) is 5.56 Å². The van der Waals surface area contributed by atoms with Crippen LogP contribution in [-0.4, -0.2) is 38.7 Å². The lowest BCUT2D eigenvalue weighted by Gasteiger charge is -2.18. The van der Waals surface area contributed by atoms with E-state index in [1.165, 1.54) is 0 Å². The Morgan fingerprint density at radius 1 is 0.800 bits per heavy atom. The minimum atomic E-state index is -0.499. The summed E-state index contributed by atoms with van der Waals surface area (Å²) < 4.78 is 22.3. The molecule has 3 aromatic carbocycles. The molecule has 35 heavy (non-hydrogen) atoms. The fourth-order valence-electron chi connectivity index (χ4n) is 3.61. The van der Waals surface area contributed by atoms with Crippen molar-refractivity contribution in [3.8, 4) is 23.0 Å². The monoisotopic (exact) mass is 480 g/mol. The summed E-state index contributed by atoms with van der Waals surface area (Å²) in [4.78, 5) is 25.6. The SMILES string of the molecule is CCOc1cc(C(=O)NNC(=O)[C@@H](C)c2ccc3cc(OC)ccc3c2)cc(OCC)c1OCC. The van der Waals surface area contributed by atoms with Crippen molar-refractivity contribution in [3.05, 3.63) is 59.7 Å². The fourth-order valence-corrected chi connectivity index (χ4v) is 3.61. The summed E-state index contributed by atoms with van der Waals surface area (Å²) in [5.74, 6) is 0.691. The highest BCUT2D eigenvalue weighted by molar-refractivity contribution is 5.97. The quantitative estimate of drug-likeness (QED) is 0.412. The standard InChI is InChI=1S/C27H32N2O6/c1-6-33-23-15-21(16-24(34-7-2)25(23)35-8-3)27(31)29-28-26(30)17(4)18-9-10-20-14-22(32-5)12-11-19(20)13-18/h9-17H,6-8H2,1-5H3,(H,28,30)(H,29,31)/t17-/m0/s1. The number of rotatable bonds is 10. The van der Waals surface area contributed by atoms with Crippen molar-refractivity contribution >= 4 is 22.6 Å². The number of amides is 2. The molecule has 186 valence electrons. The molecule has 0 saturated carbocycles. The van der Waals surface area contributed by atoms with Gasteiger partial charge in [0.15, 0.2) is 11.5 Å². The molecule has 0 saturated heterocycles. The molecular weight excluding hydrogens is 448 g/mol. The molecule has 1 atom stereocenters. The minimum absolute atomic E-state index is 0.271. The molecule has 2 N–H and O–H groups in total. The number of fused-ring (bicyclic) bond motifs is 1. The van der Waals surface area contributed by atoms with Crippen LogP contribution in [0.25, 0.3) is 10.8 Å². The number of benzene rings is 3. The maximum atomic E-state index is 12.8. The molecule has 0 unspecified atom stereocenters. The second kappa shape index (κ2) is 12.0. The molecule has 0 radical (unpaired) electrons. The minimum Gasteiger partial charge on any atom is -0.497 e. The van der Waals surface area contributed by atoms with Gasteiger partial charge in [-0.25, -0.2) is 0 Å². The Morgan fingerprint density at radius 3 is 2.00 bits per heavy atom. The van der Waals surface area contributed by atoms with Crippen LogP contribution in [0.1, 0.15) is 49.5 Å². The Kier molecular flexibility index (Phi) is 8.78. The normalized spacial score (nSPS) is 11.5. The molecule has 2 amide bonds. The van der Waals surface area contributed by atoms with E-state index < -0.39 is 11.8 Å². The van der Waals surface area contributed by atoms with Crippen LogP contribution in [0.2, 0.25) is 0 Å². The van der Waals surface area contributed by atoms with E-state index in [0.717, 1.165) is 22.1 Å². The Balaban J connectivity index is 1.73. The van der Waals surface area contributed by atoms with E-state index in [2.05, 4.69) is 10.9 Å². The van der Waals surface area contributed by atoms with Gasteiger partial charge in [-0.1, -0.05) is 24.3 Å². The first-order chi connectivity index (χ1) is 16.9. The largest absolute Gasteiger partial charge is 0.497 e. The predicted molar refractivity (Wildman–Crippen MR) is 134 cm³/mol. The van der Waals surface area contributed by atoms with Crippen LogP contribution in [0.4, 0.5) is 0 Å². The predicted octanol–water partition coefficient (Wildman–Crippen LogP) is 4.61. The number of carbonyl (C=O) groups is 2. The number of hydrazine groups is 1. The number of carbonyl (C=O) groups excluding carboxylic acids is 2. The van der Waals surface area contributed by atoms with Gasteiger partial charge in [0.05, 0.1) is 32.8 Å². The Labute approximate surface area is 205 Å². The van der Waals surface area contributed by atoms with E-state index in [4.69, 9.17) is 18.9 Å². The van der Waals surface area contributed by atoms with Crippen LogP contribution in [0.3, 0.4) is 0 Å². The zero-order chi connectivity index (χ0) is 25.4. The van der Waals surface area contributed by atoms with E-state index >= 15 is 0 Å². The first kappa shape index (κ1) is 25.7. The number of nitrogens with one attached hydrogen (secondary N) is 2. The molecule has 0 fully saturated rings. The number of ether oxygens (including phenoxy) is 4. The molecule has 3 rings (SSSR count). The molecule has 0 aliphatic heterocycles. The highest BCUT2D eigenvalue weighted by Gasteiger charge is 2.20. The van der Waals surface area contributed by atoms with Crippen molar-refractivity contribution in [2.75, 3.05) is 26.9 Å². The molecule has 0 aromatic heterocycles. The molecule has 0 aliphatic carbocycles. The van der Waals surface area contributed by atoms with E-state index in [1.54, 1.807) is 26.2 Å². The van der Waals surface area contributed by atoms with Gasteiger partial charge in [0.25, 0.3) is 5.91 Å². The first-order valence-corrected chi connectivity index (χ1v) is 11.7. The van der Waals surface area contributed by atoms with Crippen molar-refractivity contribution in [1.29, 1.82) is 0 Å². The third-order valence-electron chi connectivity index (χ3n) is 5.44. The average Bonchev–Trinajstić information content (AvgIpc) is 2.87. The topological polar surface area (TPSA) is 95.1 Å². The number of methoxy groups -OCH3 is 1. The summed E-state index contributed by atoms with van der Waals surface area (Å²) in [6.07, 6.45) is 0. The van der Waals surface area contributed by atoms with Crippen LogP contribution in [0.15, 0.2) is 48.5 Å². The molecule has 8 nitrogen and oxygen atoms in total. The highest BCUT2D eigenvalue weighted by atomic mass is 16.5. The lowest BCUT2D eigenvalue weighted by atomic mass is 9.97. The van der Waals surface area contributed by atoms with Crippen molar-refractivity contribution in [3.63, 3.8) is 0 Å². The third kappa shape index (κ3) is 6.15. The summed E-state index contributed by atoms with van der Waals surface area (Å²) in [5, 5.41) is 2.01. The second-order valence-corrected chi connectivity index (χ2v) is 7.74. The summed E-state index contributed by atoms with van der Waals surface area (Å²) in [5.41, 5.74) is 6.10. The number of hydrogen-bond donors (Lipinski definition) is 2. The molecule has 0 spiro atoms. The van der Waals surface area contributed by atoms with Gasteiger partial charge < -0.3 is 18.9 Å². The van der Waals surface area contributed by atoms with Crippen molar-refractivity contribution < 1.29 is 28.5 Å². The Bertz CT molecular complexity index is 1170. The van der Waals surface area contributed by atoms with Gasteiger partial charge in [-0.15, -0.1) is 0 Å². The van der Waals surface area contributed by atoms with E-state index in [1.807, 2.05) is 57.2 Å². The average molecular weight is 481 g/mol. The van der Waals surface area contributed by atoms with Crippen molar-refractivity contribution in [2.45, 2.75) is 33.6 Å². The zero-order valence-electron chi connectivity index (χ0n) is 20.8. The highest BCUT2D eigenvalue weighted by Crippen LogP contribution is 2.39. The van der Waals surface area contributed by atoms with Crippen LogP contribution in [0.5, 0.6) is 23.0 Å². The molecular formula is C27H32N2O6. The van der Waals surface area contributed by atoms with Gasteiger partial charge in [0.1, 0.15) is 5.75 Å². The third-order valence-corrected chi connectivity index (χ3v) is 5.44. The maximum absolute atomic E-state index is 12.8.